The van der Waals surface area contributed by atoms with Crippen molar-refractivity contribution < 1.29 is 32.3 Å². The number of nitrogens with one attached hydrogen (secondary N) is 1. The van der Waals surface area contributed by atoms with Gasteiger partial charge in [-0.25, -0.2) is 18.0 Å². The van der Waals surface area contributed by atoms with Crippen LogP contribution in [0.25, 0.3) is 5.69 Å². The van der Waals surface area contributed by atoms with Gasteiger partial charge in [-0.1, -0.05) is 6.07 Å². The molecule has 0 saturated carbocycles. The second-order valence-electron chi connectivity index (χ2n) is 7.61. The lowest BCUT2D eigenvalue weighted by atomic mass is 10.1. The summed E-state index contributed by atoms with van der Waals surface area (Å²) in [7, 11) is -2.19. The first-order valence-corrected chi connectivity index (χ1v) is 12.0. The number of benzene rings is 2. The molecule has 0 bridgehead atoms. The molecule has 1 aromatic heterocycles. The largest absolute Gasteiger partial charge is 0.465 e. The zero-order valence-electron chi connectivity index (χ0n) is 19.1. The van der Waals surface area contributed by atoms with Gasteiger partial charge >= 0.3 is 11.9 Å². The predicted octanol–water partition coefficient (Wildman–Crippen LogP) is 3.29. The molecule has 178 valence electrons. The van der Waals surface area contributed by atoms with Crippen LogP contribution in [0.5, 0.6) is 0 Å². The summed E-state index contributed by atoms with van der Waals surface area (Å²) in [5.41, 5.74) is 3.33. The number of anilines is 1. The quantitative estimate of drug-likeness (QED) is 0.385. The molecule has 0 aliphatic carbocycles. The summed E-state index contributed by atoms with van der Waals surface area (Å²) in [6.07, 6.45) is 1.00. The van der Waals surface area contributed by atoms with Gasteiger partial charge in [0.25, 0.3) is 0 Å². The van der Waals surface area contributed by atoms with Gasteiger partial charge in [0.15, 0.2) is 6.61 Å². The van der Waals surface area contributed by atoms with Crippen molar-refractivity contribution in [3.8, 4) is 5.69 Å². The zero-order valence-corrected chi connectivity index (χ0v) is 19.9. The van der Waals surface area contributed by atoms with Crippen molar-refractivity contribution in [2.45, 2.75) is 13.8 Å². The Morgan fingerprint density at radius 2 is 1.62 bits per heavy atom. The summed E-state index contributed by atoms with van der Waals surface area (Å²) in [6, 6.07) is 14.3. The van der Waals surface area contributed by atoms with Gasteiger partial charge in [-0.2, -0.15) is 0 Å². The van der Waals surface area contributed by atoms with E-state index in [0.717, 1.165) is 17.6 Å². The highest BCUT2D eigenvalue weighted by Gasteiger charge is 2.19. The average molecular weight is 485 g/mol. The van der Waals surface area contributed by atoms with E-state index in [4.69, 9.17) is 9.47 Å². The van der Waals surface area contributed by atoms with E-state index < -0.39 is 28.6 Å². The highest BCUT2D eigenvalue weighted by molar-refractivity contribution is 7.92. The molecular weight excluding hydrogens is 460 g/mol. The first kappa shape index (κ1) is 24.7. The molecule has 3 rings (SSSR count). The normalized spacial score (nSPS) is 11.1. The number of methoxy groups -OCH3 is 1. The van der Waals surface area contributed by atoms with Gasteiger partial charge in [-0.15, -0.1) is 0 Å². The number of carbonyl (C=O) groups is 3. The Morgan fingerprint density at radius 3 is 2.24 bits per heavy atom. The first-order valence-electron chi connectivity index (χ1n) is 10.2. The van der Waals surface area contributed by atoms with Crippen molar-refractivity contribution in [1.29, 1.82) is 0 Å². The van der Waals surface area contributed by atoms with Crippen molar-refractivity contribution in [2.24, 2.45) is 0 Å². The molecule has 1 heterocycles. The third-order valence-corrected chi connectivity index (χ3v) is 5.62. The summed E-state index contributed by atoms with van der Waals surface area (Å²) in [5.74, 6) is -1.58. The molecular formula is C24H24N2O7S. The molecule has 0 radical (unpaired) electrons. The smallest absolute Gasteiger partial charge is 0.338 e. The molecule has 0 saturated heterocycles. The van der Waals surface area contributed by atoms with Crippen LogP contribution < -0.4 is 4.72 Å². The summed E-state index contributed by atoms with van der Waals surface area (Å²) < 4.78 is 36.8. The van der Waals surface area contributed by atoms with E-state index in [1.54, 1.807) is 37.3 Å². The second kappa shape index (κ2) is 9.92. The molecule has 10 heteroatoms. The van der Waals surface area contributed by atoms with E-state index in [9.17, 15) is 22.8 Å². The van der Waals surface area contributed by atoms with Crippen LogP contribution >= 0.6 is 0 Å². The van der Waals surface area contributed by atoms with Crippen molar-refractivity contribution >= 4 is 33.4 Å². The third kappa shape index (κ3) is 5.70. The molecule has 0 aliphatic heterocycles. The maximum absolute atomic E-state index is 12.8. The molecule has 0 amide bonds. The van der Waals surface area contributed by atoms with Crippen LogP contribution in [0.15, 0.2) is 54.6 Å². The molecule has 0 fully saturated rings. The molecule has 0 unspecified atom stereocenters. The number of carbonyl (C=O) groups excluding carboxylic acids is 3. The summed E-state index contributed by atoms with van der Waals surface area (Å²) in [5, 5.41) is 0. The summed E-state index contributed by atoms with van der Waals surface area (Å²) in [4.78, 5) is 36.8. The highest BCUT2D eigenvalue weighted by Crippen LogP contribution is 2.22. The number of hydrogen-bond donors (Lipinski definition) is 1. The van der Waals surface area contributed by atoms with E-state index in [2.05, 4.69) is 4.72 Å². The number of aromatic nitrogens is 1. The number of aryl methyl sites for hydroxylation is 1. The summed E-state index contributed by atoms with van der Waals surface area (Å²) in [6.45, 7) is 3.13. The van der Waals surface area contributed by atoms with Crippen molar-refractivity contribution in [3.63, 3.8) is 0 Å². The monoisotopic (exact) mass is 484 g/mol. The van der Waals surface area contributed by atoms with Gasteiger partial charge in [0, 0.05) is 28.3 Å². The Hall–Kier alpha value is -3.92. The Labute approximate surface area is 197 Å². The van der Waals surface area contributed by atoms with Gasteiger partial charge in [-0.3, -0.25) is 9.52 Å². The van der Waals surface area contributed by atoms with Gasteiger partial charge < -0.3 is 14.0 Å². The van der Waals surface area contributed by atoms with E-state index in [-0.39, 0.29) is 17.0 Å². The number of sulfonamides is 1. The number of Topliss-reactive ketones (excluding diaryl/α,β-unsaturated/α-hetero) is 1. The van der Waals surface area contributed by atoms with Crippen molar-refractivity contribution in [3.05, 3.63) is 82.7 Å². The number of nitrogens with zero attached hydrogens (tertiary/aromatic N) is 1. The molecule has 34 heavy (non-hydrogen) atoms. The Kier molecular flexibility index (Phi) is 7.21. The number of rotatable bonds is 8. The van der Waals surface area contributed by atoms with Gasteiger partial charge in [0.2, 0.25) is 15.8 Å². The molecule has 1 N–H and O–H groups in total. The van der Waals surface area contributed by atoms with Crippen LogP contribution in [-0.2, 0) is 19.5 Å². The molecule has 0 atom stereocenters. The van der Waals surface area contributed by atoms with Crippen molar-refractivity contribution in [1.82, 2.24) is 4.57 Å². The number of ether oxygens (including phenoxy) is 2. The molecule has 0 spiro atoms. The van der Waals surface area contributed by atoms with Crippen LogP contribution in [0.1, 0.15) is 42.5 Å². The van der Waals surface area contributed by atoms with Crippen LogP contribution in [0.3, 0.4) is 0 Å². The zero-order chi connectivity index (χ0) is 25.0. The lowest BCUT2D eigenvalue weighted by molar-refractivity contribution is 0.0474. The topological polar surface area (TPSA) is 121 Å². The van der Waals surface area contributed by atoms with Crippen molar-refractivity contribution in [2.75, 3.05) is 24.7 Å². The lowest BCUT2D eigenvalue weighted by Crippen LogP contribution is -2.15. The first-order chi connectivity index (χ1) is 16.0. The Morgan fingerprint density at radius 1 is 0.941 bits per heavy atom. The second-order valence-corrected chi connectivity index (χ2v) is 9.36. The standard InChI is InChI=1S/C24H24N2O7S/c1-15-12-21(16(2)26(15)20-10-8-17(9-11-20)23(28)32-3)22(27)14-33-24(29)18-6-5-7-19(13-18)25-34(4,30)31/h5-13,25H,14H2,1-4H3. The van der Waals surface area contributed by atoms with Crippen LogP contribution in [0.2, 0.25) is 0 Å². The summed E-state index contributed by atoms with van der Waals surface area (Å²) >= 11 is 0. The van der Waals surface area contributed by atoms with E-state index >= 15 is 0 Å². The van der Waals surface area contributed by atoms with E-state index in [1.807, 2.05) is 11.5 Å². The highest BCUT2D eigenvalue weighted by atomic mass is 32.2. The Bertz CT molecular complexity index is 1360. The van der Waals surface area contributed by atoms with E-state index in [1.165, 1.54) is 31.4 Å². The maximum atomic E-state index is 12.8. The fourth-order valence-corrected chi connectivity index (χ4v) is 4.08. The minimum atomic E-state index is -3.50. The maximum Gasteiger partial charge on any atom is 0.338 e. The fraction of sp³-hybridized carbons (Fsp3) is 0.208. The van der Waals surface area contributed by atoms with Gasteiger partial charge in [-0.05, 0) is 62.4 Å². The Balaban J connectivity index is 1.73. The molecule has 9 nitrogen and oxygen atoms in total. The number of ketones is 1. The van der Waals surface area contributed by atoms with Crippen LogP contribution in [0, 0.1) is 13.8 Å². The van der Waals surface area contributed by atoms with Gasteiger partial charge in [0.05, 0.1) is 24.5 Å². The molecule has 3 aromatic rings. The van der Waals surface area contributed by atoms with Gasteiger partial charge in [0.1, 0.15) is 0 Å². The molecule has 2 aromatic carbocycles. The SMILES string of the molecule is COC(=O)c1ccc(-n2c(C)cc(C(=O)COC(=O)c3cccc(NS(C)(=O)=O)c3)c2C)cc1. The predicted molar refractivity (Wildman–Crippen MR) is 126 cm³/mol. The average Bonchev–Trinajstić information content (AvgIpc) is 3.09. The minimum absolute atomic E-state index is 0.109. The minimum Gasteiger partial charge on any atom is -0.465 e. The van der Waals surface area contributed by atoms with Crippen LogP contribution in [-0.4, -0.2) is 50.7 Å². The van der Waals surface area contributed by atoms with Crippen LogP contribution in [0.4, 0.5) is 5.69 Å². The molecule has 0 aliphatic rings. The number of esters is 2. The van der Waals surface area contributed by atoms with E-state index in [0.29, 0.717) is 16.8 Å². The third-order valence-electron chi connectivity index (χ3n) is 5.01. The fourth-order valence-electron chi connectivity index (χ4n) is 3.52. The lowest BCUT2D eigenvalue weighted by Gasteiger charge is -2.11. The number of hydrogen-bond acceptors (Lipinski definition) is 7.